The third-order valence-electron chi connectivity index (χ3n) is 3.30. The summed E-state index contributed by atoms with van der Waals surface area (Å²) in [7, 11) is 0. The Kier molecular flexibility index (Phi) is 6.42. The Hall–Kier alpha value is -3.70. The molecule has 1 aliphatic rings. The van der Waals surface area contributed by atoms with Crippen molar-refractivity contribution in [3.8, 4) is 5.75 Å². The highest BCUT2D eigenvalue weighted by Gasteiger charge is 2.39. The maximum atomic E-state index is 10.5. The summed E-state index contributed by atoms with van der Waals surface area (Å²) in [5.41, 5.74) is -0.869. The van der Waals surface area contributed by atoms with Crippen LogP contribution in [0.4, 0.5) is 0 Å². The smallest absolute Gasteiger partial charge is 0.339 e. The van der Waals surface area contributed by atoms with Gasteiger partial charge in [0.05, 0.1) is 11.1 Å². The normalized spacial score (nSPS) is 17.1. The number of phenols is 1. The molecule has 144 valence electrons. The minimum absolute atomic E-state index is 0.171. The molecule has 1 aromatic carbocycles. The SMILES string of the molecule is O=C(O)C1=CC(C(=O)O)C(O)(O)C=C1.O=C(O)c1ccc(O)c(C(=O)O)c1. The molecule has 2 rings (SSSR count). The molecule has 0 aliphatic heterocycles. The average molecular weight is 382 g/mol. The van der Waals surface area contributed by atoms with Gasteiger partial charge in [0.25, 0.3) is 0 Å². The molecule has 0 spiro atoms. The van der Waals surface area contributed by atoms with Gasteiger partial charge in [-0.2, -0.15) is 0 Å². The fourth-order valence-electron chi connectivity index (χ4n) is 1.91. The zero-order valence-corrected chi connectivity index (χ0v) is 13.3. The van der Waals surface area contributed by atoms with Crippen molar-refractivity contribution in [1.29, 1.82) is 0 Å². The molecule has 0 saturated carbocycles. The summed E-state index contributed by atoms with van der Waals surface area (Å²) in [5, 5.41) is 61.5. The zero-order valence-electron chi connectivity index (χ0n) is 13.3. The zero-order chi connectivity index (χ0) is 20.9. The second kappa shape index (κ2) is 8.12. The topological polar surface area (TPSA) is 210 Å². The van der Waals surface area contributed by atoms with Gasteiger partial charge in [-0.1, -0.05) is 6.08 Å². The molecule has 1 unspecified atom stereocenters. The number of carbonyl (C=O) groups is 4. The van der Waals surface area contributed by atoms with Crippen LogP contribution < -0.4 is 0 Å². The first kappa shape index (κ1) is 21.3. The highest BCUT2D eigenvalue weighted by Crippen LogP contribution is 2.25. The standard InChI is InChI=1S/C8H8O6.C8H6O5/c9-6(10)4-1-2-8(13,14)5(3-4)7(11)12;9-6-2-1-4(7(10)11)3-5(6)8(12)13/h1-3,5,13-14H,(H,9,10)(H,11,12);1-3,9H,(H,10,11)(H,12,13). The molecule has 11 nitrogen and oxygen atoms in total. The fourth-order valence-corrected chi connectivity index (χ4v) is 1.91. The van der Waals surface area contributed by atoms with Gasteiger partial charge in [-0.25, -0.2) is 14.4 Å². The lowest BCUT2D eigenvalue weighted by Gasteiger charge is -2.25. The van der Waals surface area contributed by atoms with Crippen LogP contribution in [0.2, 0.25) is 0 Å². The van der Waals surface area contributed by atoms with Crippen molar-refractivity contribution >= 4 is 23.9 Å². The molecule has 7 N–H and O–H groups in total. The van der Waals surface area contributed by atoms with E-state index in [1.165, 1.54) is 0 Å². The molecule has 1 atom stereocenters. The van der Waals surface area contributed by atoms with Crippen LogP contribution >= 0.6 is 0 Å². The second-order valence-electron chi connectivity index (χ2n) is 5.20. The van der Waals surface area contributed by atoms with Crippen LogP contribution in [-0.4, -0.2) is 65.4 Å². The first-order chi connectivity index (χ1) is 12.4. The van der Waals surface area contributed by atoms with Crippen molar-refractivity contribution < 1.29 is 54.9 Å². The summed E-state index contributed by atoms with van der Waals surface area (Å²) in [6, 6.07) is 3.07. The minimum atomic E-state index is -2.54. The molecule has 11 heteroatoms. The lowest BCUT2D eigenvalue weighted by atomic mass is 9.90. The highest BCUT2D eigenvalue weighted by atomic mass is 16.5. The van der Waals surface area contributed by atoms with E-state index in [2.05, 4.69) is 0 Å². The van der Waals surface area contributed by atoms with Crippen LogP contribution in [0.1, 0.15) is 20.7 Å². The molecule has 0 saturated heterocycles. The van der Waals surface area contributed by atoms with Crippen LogP contribution in [0.5, 0.6) is 5.75 Å². The summed E-state index contributed by atoms with van der Waals surface area (Å²) in [4.78, 5) is 41.9. The number of hydrogen-bond donors (Lipinski definition) is 7. The number of hydrogen-bond acceptors (Lipinski definition) is 7. The van der Waals surface area contributed by atoms with E-state index in [1.54, 1.807) is 0 Å². The van der Waals surface area contributed by atoms with E-state index < -0.39 is 46.9 Å². The van der Waals surface area contributed by atoms with Crippen molar-refractivity contribution in [2.75, 3.05) is 0 Å². The summed E-state index contributed by atoms with van der Waals surface area (Å²) in [6.45, 7) is 0. The van der Waals surface area contributed by atoms with Gasteiger partial charge >= 0.3 is 23.9 Å². The number of aromatic hydroxyl groups is 1. The van der Waals surface area contributed by atoms with Gasteiger partial charge in [0, 0.05) is 0 Å². The largest absolute Gasteiger partial charge is 0.507 e. The molecule has 0 radical (unpaired) electrons. The molecule has 27 heavy (non-hydrogen) atoms. The number of aromatic carboxylic acids is 2. The van der Waals surface area contributed by atoms with E-state index in [0.717, 1.165) is 36.4 Å². The first-order valence-electron chi connectivity index (χ1n) is 6.98. The van der Waals surface area contributed by atoms with Crippen LogP contribution in [0.3, 0.4) is 0 Å². The van der Waals surface area contributed by atoms with Gasteiger partial charge in [0.15, 0.2) is 5.79 Å². The Balaban J connectivity index is 0.000000271. The Labute approximate surface area is 150 Å². The summed E-state index contributed by atoms with van der Waals surface area (Å²) >= 11 is 0. The molecule has 0 bridgehead atoms. The lowest BCUT2D eigenvalue weighted by molar-refractivity contribution is -0.176. The first-order valence-corrected chi connectivity index (χ1v) is 6.98. The van der Waals surface area contributed by atoms with E-state index >= 15 is 0 Å². The van der Waals surface area contributed by atoms with Crippen molar-refractivity contribution in [2.24, 2.45) is 5.92 Å². The Morgan fingerprint density at radius 1 is 0.889 bits per heavy atom. The van der Waals surface area contributed by atoms with Gasteiger partial charge in [0.1, 0.15) is 17.2 Å². The minimum Gasteiger partial charge on any atom is -0.507 e. The third-order valence-corrected chi connectivity index (χ3v) is 3.30. The van der Waals surface area contributed by atoms with Gasteiger partial charge in [-0.05, 0) is 30.4 Å². The molecule has 1 aromatic rings. The maximum Gasteiger partial charge on any atom is 0.339 e. The van der Waals surface area contributed by atoms with Gasteiger partial charge in [-0.15, -0.1) is 0 Å². The van der Waals surface area contributed by atoms with Crippen LogP contribution in [-0.2, 0) is 9.59 Å². The van der Waals surface area contributed by atoms with E-state index in [4.69, 9.17) is 35.7 Å². The third kappa shape index (κ3) is 5.39. The Bertz CT molecular complexity index is 848. The van der Waals surface area contributed by atoms with Gasteiger partial charge < -0.3 is 35.7 Å². The molecule has 0 amide bonds. The average Bonchev–Trinajstić information content (AvgIpc) is 2.54. The number of aliphatic hydroxyl groups is 2. The predicted octanol–water partition coefficient (Wildman–Crippen LogP) is -0.262. The molecule has 0 aromatic heterocycles. The van der Waals surface area contributed by atoms with Crippen LogP contribution in [0, 0.1) is 5.92 Å². The molecular weight excluding hydrogens is 368 g/mol. The van der Waals surface area contributed by atoms with Crippen LogP contribution in [0.25, 0.3) is 0 Å². The number of carboxylic acids is 4. The summed E-state index contributed by atoms with van der Waals surface area (Å²) < 4.78 is 0. The van der Waals surface area contributed by atoms with Crippen molar-refractivity contribution in [3.63, 3.8) is 0 Å². The maximum absolute atomic E-state index is 10.5. The van der Waals surface area contributed by atoms with Crippen molar-refractivity contribution in [3.05, 3.63) is 53.1 Å². The summed E-state index contributed by atoms with van der Waals surface area (Å²) in [5.74, 6) is -10.1. The lowest BCUT2D eigenvalue weighted by Crippen LogP contribution is -2.41. The van der Waals surface area contributed by atoms with Crippen LogP contribution in [0.15, 0.2) is 42.0 Å². The molecule has 0 fully saturated rings. The molecule has 1 aliphatic carbocycles. The van der Waals surface area contributed by atoms with Gasteiger partial charge in [0.2, 0.25) is 0 Å². The van der Waals surface area contributed by atoms with E-state index in [0.29, 0.717) is 0 Å². The Morgan fingerprint density at radius 3 is 1.93 bits per heavy atom. The number of benzene rings is 1. The monoisotopic (exact) mass is 382 g/mol. The second-order valence-corrected chi connectivity index (χ2v) is 5.20. The van der Waals surface area contributed by atoms with Crippen molar-refractivity contribution in [1.82, 2.24) is 0 Å². The van der Waals surface area contributed by atoms with E-state index in [1.807, 2.05) is 0 Å². The van der Waals surface area contributed by atoms with Crippen molar-refractivity contribution in [2.45, 2.75) is 5.79 Å². The van der Waals surface area contributed by atoms with E-state index in [9.17, 15) is 19.2 Å². The number of carboxylic acid groups (broad SMARTS) is 4. The van der Waals surface area contributed by atoms with E-state index in [-0.39, 0.29) is 11.1 Å². The number of rotatable bonds is 4. The van der Waals surface area contributed by atoms with Gasteiger partial charge in [-0.3, -0.25) is 4.79 Å². The highest BCUT2D eigenvalue weighted by molar-refractivity contribution is 5.95. The molecular formula is C16H14O11. The molecule has 0 heterocycles. The quantitative estimate of drug-likeness (QED) is 0.337. The summed E-state index contributed by atoms with van der Waals surface area (Å²) in [6.07, 6.45) is 2.46. The predicted molar refractivity (Wildman–Crippen MR) is 85.2 cm³/mol. The Morgan fingerprint density at radius 2 is 1.48 bits per heavy atom. The number of aliphatic carboxylic acids is 2. The fraction of sp³-hybridized carbons (Fsp3) is 0.125.